The number of ether oxygens (including phenoxy) is 2. The van der Waals surface area contributed by atoms with Crippen LogP contribution in [-0.2, 0) is 16.0 Å². The molecule has 2 aliphatic heterocycles. The van der Waals surface area contributed by atoms with Gasteiger partial charge in [0.2, 0.25) is 12.7 Å². The van der Waals surface area contributed by atoms with E-state index in [0.717, 1.165) is 21.8 Å². The van der Waals surface area contributed by atoms with Gasteiger partial charge >= 0.3 is 12.0 Å². The average Bonchev–Trinajstić information content (AvgIpc) is 3.57. The number of carboxylic acids is 1. The minimum atomic E-state index is -1.23. The third kappa shape index (κ3) is 4.38. The number of fused-ring (bicyclic) bond motifs is 1. The molecular formula is C23H18N4O7S. The number of nitrogens with zero attached hydrogens (tertiary/aromatic N) is 2. The molecule has 0 aliphatic carbocycles. The minimum Gasteiger partial charge on any atom is -0.476 e. The molecule has 3 aromatic rings. The maximum absolute atomic E-state index is 13.4. The number of rotatable bonds is 7. The first kappa shape index (κ1) is 22.3. The Morgan fingerprint density at radius 3 is 2.69 bits per heavy atom. The van der Waals surface area contributed by atoms with E-state index in [0.29, 0.717) is 17.1 Å². The summed E-state index contributed by atoms with van der Waals surface area (Å²) in [7, 11) is 0. The van der Waals surface area contributed by atoms with Crippen molar-refractivity contribution in [2.45, 2.75) is 18.5 Å². The van der Waals surface area contributed by atoms with Gasteiger partial charge in [0.25, 0.3) is 5.91 Å². The number of amides is 4. The van der Waals surface area contributed by atoms with Crippen LogP contribution in [0.3, 0.4) is 0 Å². The molecule has 11 nitrogen and oxygen atoms in total. The molecule has 35 heavy (non-hydrogen) atoms. The Bertz CT molecular complexity index is 1330. The number of nitrogens with one attached hydrogen (secondary N) is 2. The first-order valence-corrected chi connectivity index (χ1v) is 11.4. The minimum absolute atomic E-state index is 0.0461. The number of carbonyl (C=O) groups is 4. The quantitative estimate of drug-likeness (QED) is 0.424. The number of carbonyl (C=O) groups excluding carboxylic acids is 3. The van der Waals surface area contributed by atoms with Crippen LogP contribution in [0.5, 0.6) is 11.5 Å². The molecule has 0 spiro atoms. The summed E-state index contributed by atoms with van der Waals surface area (Å²) in [5.74, 6) is -1.51. The molecule has 2 atom stereocenters. The molecule has 0 radical (unpaired) electrons. The maximum Gasteiger partial charge on any atom is 0.355 e. The number of urea groups is 1. The molecule has 0 unspecified atom stereocenters. The van der Waals surface area contributed by atoms with Crippen molar-refractivity contribution in [3.63, 3.8) is 0 Å². The Hall–Kier alpha value is -4.45. The lowest BCUT2D eigenvalue weighted by molar-refractivity contribution is -0.134. The highest BCUT2D eigenvalue weighted by Crippen LogP contribution is 2.36. The number of aromatic nitrogens is 1. The Morgan fingerprint density at radius 2 is 1.94 bits per heavy atom. The third-order valence-corrected chi connectivity index (χ3v) is 6.30. The van der Waals surface area contributed by atoms with E-state index in [1.54, 1.807) is 42.5 Å². The largest absolute Gasteiger partial charge is 0.476 e. The molecule has 2 aliphatic rings. The van der Waals surface area contributed by atoms with Gasteiger partial charge in [0.15, 0.2) is 22.3 Å². The first-order chi connectivity index (χ1) is 16.9. The SMILES string of the molecule is O=C(O)c1csc(NC(=O)[C@H](Cc2ccccc2)N2C(=O)N[C@H](c3ccc4c(c3)OCO4)C2=O)n1. The molecule has 3 N–H and O–H groups in total. The Kier molecular flexibility index (Phi) is 5.79. The van der Waals surface area contributed by atoms with Crippen molar-refractivity contribution in [1.29, 1.82) is 0 Å². The van der Waals surface area contributed by atoms with Crippen molar-refractivity contribution in [3.05, 3.63) is 70.7 Å². The van der Waals surface area contributed by atoms with Crippen LogP contribution in [0.25, 0.3) is 0 Å². The van der Waals surface area contributed by atoms with E-state index in [9.17, 15) is 19.2 Å². The number of imide groups is 1. The van der Waals surface area contributed by atoms with Gasteiger partial charge in [0.1, 0.15) is 12.1 Å². The molecule has 178 valence electrons. The monoisotopic (exact) mass is 494 g/mol. The van der Waals surface area contributed by atoms with Gasteiger partial charge in [-0.1, -0.05) is 36.4 Å². The molecule has 5 rings (SSSR count). The van der Waals surface area contributed by atoms with Gasteiger partial charge in [0.05, 0.1) is 0 Å². The van der Waals surface area contributed by atoms with Gasteiger partial charge in [-0.3, -0.25) is 9.59 Å². The molecule has 1 aromatic heterocycles. The van der Waals surface area contributed by atoms with Crippen LogP contribution in [0.2, 0.25) is 0 Å². The topological polar surface area (TPSA) is 147 Å². The lowest BCUT2D eigenvalue weighted by atomic mass is 10.0. The number of anilines is 1. The van der Waals surface area contributed by atoms with E-state index >= 15 is 0 Å². The first-order valence-electron chi connectivity index (χ1n) is 10.5. The van der Waals surface area contributed by atoms with Crippen molar-refractivity contribution in [2.75, 3.05) is 12.1 Å². The van der Waals surface area contributed by atoms with Crippen molar-refractivity contribution in [1.82, 2.24) is 15.2 Å². The molecule has 0 bridgehead atoms. The number of hydrogen-bond donors (Lipinski definition) is 3. The number of aromatic carboxylic acids is 1. The molecule has 2 aromatic carbocycles. The van der Waals surface area contributed by atoms with Gasteiger partial charge in [-0.2, -0.15) is 0 Å². The summed E-state index contributed by atoms with van der Waals surface area (Å²) in [6, 6.07) is 10.9. The highest BCUT2D eigenvalue weighted by Gasteiger charge is 2.45. The zero-order valence-electron chi connectivity index (χ0n) is 18.0. The number of benzene rings is 2. The predicted octanol–water partition coefficient (Wildman–Crippen LogP) is 2.41. The standard InChI is InChI=1S/C23H18N4O7S/c28-19(26-22-24-14(10-35-22)21(30)31)15(8-12-4-2-1-3-5-12)27-20(29)18(25-23(27)32)13-6-7-16-17(9-13)34-11-33-16/h1-7,9-10,15,18H,8,11H2,(H,25,32)(H,30,31)(H,24,26,28)/t15-,18+/m0/s1. The molecule has 0 saturated carbocycles. The van der Waals surface area contributed by atoms with Crippen LogP contribution in [0.1, 0.15) is 27.7 Å². The normalized spacial score (nSPS) is 17.3. The van der Waals surface area contributed by atoms with Crippen LogP contribution in [0, 0.1) is 0 Å². The lowest BCUT2D eigenvalue weighted by Gasteiger charge is -2.24. The Labute approximate surface area is 202 Å². The van der Waals surface area contributed by atoms with Crippen molar-refractivity contribution in [2.24, 2.45) is 0 Å². The summed E-state index contributed by atoms with van der Waals surface area (Å²) in [6.07, 6.45) is 0.0524. The summed E-state index contributed by atoms with van der Waals surface area (Å²) >= 11 is 0.929. The van der Waals surface area contributed by atoms with Crippen LogP contribution in [0.15, 0.2) is 53.9 Å². The molecule has 4 amide bonds. The second-order valence-corrected chi connectivity index (χ2v) is 8.60. The van der Waals surface area contributed by atoms with E-state index in [4.69, 9.17) is 14.6 Å². The summed E-state index contributed by atoms with van der Waals surface area (Å²) < 4.78 is 10.7. The Morgan fingerprint density at radius 1 is 1.17 bits per heavy atom. The van der Waals surface area contributed by atoms with Gasteiger partial charge in [-0.05, 0) is 23.3 Å². The number of carboxylic acid groups (broad SMARTS) is 1. The number of hydrogen-bond acceptors (Lipinski definition) is 8. The molecule has 1 saturated heterocycles. The summed E-state index contributed by atoms with van der Waals surface area (Å²) in [5.41, 5.74) is 0.993. The third-order valence-electron chi connectivity index (χ3n) is 5.54. The summed E-state index contributed by atoms with van der Waals surface area (Å²) in [5, 5.41) is 15.6. The highest BCUT2D eigenvalue weighted by molar-refractivity contribution is 7.14. The van der Waals surface area contributed by atoms with E-state index in [1.807, 2.05) is 6.07 Å². The molecular weight excluding hydrogens is 476 g/mol. The highest BCUT2D eigenvalue weighted by atomic mass is 32.1. The van der Waals surface area contributed by atoms with Gasteiger partial charge in [0, 0.05) is 11.8 Å². The van der Waals surface area contributed by atoms with E-state index in [2.05, 4.69) is 15.6 Å². The van der Waals surface area contributed by atoms with E-state index < -0.39 is 35.9 Å². The fourth-order valence-corrected chi connectivity index (χ4v) is 4.55. The second-order valence-electron chi connectivity index (χ2n) is 7.74. The van der Waals surface area contributed by atoms with Gasteiger partial charge in [-0.25, -0.2) is 19.5 Å². The summed E-state index contributed by atoms with van der Waals surface area (Å²) in [6.45, 7) is 0.0650. The van der Waals surface area contributed by atoms with Crippen molar-refractivity contribution in [3.8, 4) is 11.5 Å². The summed E-state index contributed by atoms with van der Waals surface area (Å²) in [4.78, 5) is 55.5. The van der Waals surface area contributed by atoms with Crippen LogP contribution in [0.4, 0.5) is 9.93 Å². The van der Waals surface area contributed by atoms with Crippen LogP contribution < -0.4 is 20.1 Å². The van der Waals surface area contributed by atoms with Crippen molar-refractivity contribution < 1.29 is 33.8 Å². The van der Waals surface area contributed by atoms with E-state index in [-0.39, 0.29) is 24.0 Å². The zero-order chi connectivity index (χ0) is 24.5. The number of thiazole rings is 1. The lowest BCUT2D eigenvalue weighted by Crippen LogP contribution is -2.49. The van der Waals surface area contributed by atoms with Gasteiger partial charge in [-0.15, -0.1) is 11.3 Å². The van der Waals surface area contributed by atoms with Crippen LogP contribution >= 0.6 is 11.3 Å². The van der Waals surface area contributed by atoms with Crippen LogP contribution in [-0.4, -0.2) is 51.6 Å². The van der Waals surface area contributed by atoms with E-state index in [1.165, 1.54) is 5.38 Å². The van der Waals surface area contributed by atoms with Crippen molar-refractivity contribution >= 4 is 40.3 Å². The zero-order valence-corrected chi connectivity index (χ0v) is 18.8. The Balaban J connectivity index is 1.43. The average molecular weight is 494 g/mol. The maximum atomic E-state index is 13.4. The van der Waals surface area contributed by atoms with Gasteiger partial charge < -0.3 is 25.2 Å². The second kappa shape index (κ2) is 9.06. The molecule has 12 heteroatoms. The smallest absolute Gasteiger partial charge is 0.355 e. The fourth-order valence-electron chi connectivity index (χ4n) is 3.86. The predicted molar refractivity (Wildman–Crippen MR) is 122 cm³/mol. The molecule has 1 fully saturated rings. The fraction of sp³-hybridized carbons (Fsp3) is 0.174. The molecule has 3 heterocycles.